The van der Waals surface area contributed by atoms with Crippen molar-refractivity contribution in [3.63, 3.8) is 0 Å². The molecule has 1 amide bonds. The second kappa shape index (κ2) is 8.74. The lowest BCUT2D eigenvalue weighted by Crippen LogP contribution is -2.49. The lowest BCUT2D eigenvalue weighted by molar-refractivity contribution is 0.0410. The first-order valence-electron chi connectivity index (χ1n) is 10.2. The van der Waals surface area contributed by atoms with Gasteiger partial charge in [-0.25, -0.2) is 4.98 Å². The number of aliphatic hydroxyl groups excluding tert-OH is 1. The Morgan fingerprint density at radius 3 is 2.94 bits per heavy atom. The van der Waals surface area contributed by atoms with Crippen LogP contribution in [0.15, 0.2) is 30.6 Å². The number of hydrogen-bond acceptors (Lipinski definition) is 9. The second-order valence-electron chi connectivity index (χ2n) is 7.52. The average molecular weight is 426 g/mol. The highest BCUT2D eigenvalue weighted by atomic mass is 16.5. The van der Waals surface area contributed by atoms with Crippen LogP contribution < -0.4 is 27.3 Å². The van der Waals surface area contributed by atoms with Crippen molar-refractivity contribution in [3.8, 4) is 5.75 Å². The van der Waals surface area contributed by atoms with Crippen LogP contribution in [-0.4, -0.2) is 55.8 Å². The fourth-order valence-electron chi connectivity index (χ4n) is 3.97. The Balaban J connectivity index is 1.52. The summed E-state index contributed by atoms with van der Waals surface area (Å²) in [5, 5.41) is 14.0. The number of anilines is 2. The molecular formula is C20H26N8O3. The van der Waals surface area contributed by atoms with Gasteiger partial charge >= 0.3 is 0 Å². The molecule has 8 N–H and O–H groups in total. The Morgan fingerprint density at radius 1 is 1.29 bits per heavy atom. The maximum Gasteiger partial charge on any atom is 0.251 e. The molecule has 0 spiro atoms. The molecule has 0 saturated heterocycles. The van der Waals surface area contributed by atoms with Gasteiger partial charge in [0.15, 0.2) is 11.5 Å². The highest BCUT2D eigenvalue weighted by molar-refractivity contribution is 5.94. The summed E-state index contributed by atoms with van der Waals surface area (Å²) in [6.07, 6.45) is 2.89. The number of benzene rings is 1. The first kappa shape index (κ1) is 20.8. The van der Waals surface area contributed by atoms with Gasteiger partial charge < -0.3 is 36.9 Å². The van der Waals surface area contributed by atoms with Gasteiger partial charge in [0.2, 0.25) is 5.95 Å². The summed E-state index contributed by atoms with van der Waals surface area (Å²) in [6.45, 7) is 0.753. The molecule has 2 aromatic heterocycles. The molecule has 3 atom stereocenters. The molecular weight excluding hydrogens is 400 g/mol. The first-order chi connectivity index (χ1) is 15.0. The molecule has 11 heteroatoms. The van der Waals surface area contributed by atoms with Gasteiger partial charge in [0.1, 0.15) is 17.9 Å². The first-order valence-corrected chi connectivity index (χ1v) is 10.2. The van der Waals surface area contributed by atoms with Crippen molar-refractivity contribution in [2.24, 2.45) is 5.73 Å². The van der Waals surface area contributed by atoms with E-state index in [1.165, 1.54) is 0 Å². The monoisotopic (exact) mass is 426 g/mol. The van der Waals surface area contributed by atoms with Crippen molar-refractivity contribution in [2.45, 2.75) is 37.5 Å². The van der Waals surface area contributed by atoms with Crippen molar-refractivity contribution in [1.29, 1.82) is 0 Å². The fourth-order valence-corrected chi connectivity index (χ4v) is 3.97. The number of nitrogens with zero attached hydrogens (tertiary/aromatic N) is 4. The number of ether oxygens (including phenoxy) is 1. The SMILES string of the molecule is NCCOc1cccc(C(=O)N[C@@H]2CCC[C@@H](n3cnc4c(N)nc(N)nc43)[C@@H]2O)c1. The van der Waals surface area contributed by atoms with Crippen molar-refractivity contribution in [2.75, 3.05) is 24.6 Å². The minimum atomic E-state index is -0.843. The van der Waals surface area contributed by atoms with Crippen molar-refractivity contribution < 1.29 is 14.6 Å². The number of hydrogen-bond donors (Lipinski definition) is 5. The number of aromatic nitrogens is 4. The van der Waals surface area contributed by atoms with E-state index in [2.05, 4.69) is 20.3 Å². The normalized spacial score (nSPS) is 21.2. The molecule has 3 aromatic rings. The van der Waals surface area contributed by atoms with Gasteiger partial charge in [-0.1, -0.05) is 6.07 Å². The molecule has 0 unspecified atom stereocenters. The van der Waals surface area contributed by atoms with Crippen LogP contribution in [-0.2, 0) is 0 Å². The quantitative estimate of drug-likeness (QED) is 0.368. The number of imidazole rings is 1. The summed E-state index contributed by atoms with van der Waals surface area (Å²) in [7, 11) is 0. The van der Waals surface area contributed by atoms with Gasteiger partial charge in [0.25, 0.3) is 5.91 Å². The molecule has 0 bridgehead atoms. The summed E-state index contributed by atoms with van der Waals surface area (Å²) in [4.78, 5) is 25.2. The predicted molar refractivity (Wildman–Crippen MR) is 115 cm³/mol. The molecule has 164 valence electrons. The number of nitrogens with one attached hydrogen (secondary N) is 1. The number of fused-ring (bicyclic) bond motifs is 1. The van der Waals surface area contributed by atoms with Crippen LogP contribution >= 0.6 is 0 Å². The van der Waals surface area contributed by atoms with Gasteiger partial charge in [-0.05, 0) is 37.5 Å². The standard InChI is InChI=1S/C20H26N8O3/c21-7-8-31-12-4-1-3-11(9-12)19(30)25-13-5-2-6-14(16(13)29)28-10-24-15-17(22)26-20(23)27-18(15)28/h1,3-4,9-10,13-14,16,29H,2,5-8,21H2,(H,25,30)(H4,22,23,26,27)/t13-,14-,16-/m1/s1. The predicted octanol–water partition coefficient (Wildman–Crippen LogP) is 0.213. The van der Waals surface area contributed by atoms with E-state index in [1.54, 1.807) is 35.2 Å². The highest BCUT2D eigenvalue weighted by Gasteiger charge is 2.35. The molecule has 11 nitrogen and oxygen atoms in total. The van der Waals surface area contributed by atoms with E-state index in [1.807, 2.05) is 0 Å². The van der Waals surface area contributed by atoms with Crippen molar-refractivity contribution in [1.82, 2.24) is 24.8 Å². The number of nitrogens with two attached hydrogens (primary N) is 3. The number of nitrogen functional groups attached to an aromatic ring is 2. The smallest absolute Gasteiger partial charge is 0.251 e. The summed E-state index contributed by atoms with van der Waals surface area (Å²) >= 11 is 0. The number of rotatable bonds is 6. The van der Waals surface area contributed by atoms with Crippen LogP contribution in [0.25, 0.3) is 11.2 Å². The van der Waals surface area contributed by atoms with E-state index in [0.29, 0.717) is 48.5 Å². The largest absolute Gasteiger partial charge is 0.492 e. The Morgan fingerprint density at radius 2 is 2.13 bits per heavy atom. The molecule has 1 aliphatic carbocycles. The molecule has 4 rings (SSSR count). The summed E-state index contributed by atoms with van der Waals surface area (Å²) in [5.41, 5.74) is 18.4. The summed E-state index contributed by atoms with van der Waals surface area (Å²) in [5.74, 6) is 0.515. The van der Waals surface area contributed by atoms with Crippen LogP contribution in [0.5, 0.6) is 5.75 Å². The Hall–Kier alpha value is -3.44. The van der Waals surface area contributed by atoms with Gasteiger partial charge in [0, 0.05) is 12.1 Å². The fraction of sp³-hybridized carbons (Fsp3) is 0.400. The zero-order chi connectivity index (χ0) is 22.0. The third-order valence-corrected chi connectivity index (χ3v) is 5.44. The minimum Gasteiger partial charge on any atom is -0.492 e. The van der Waals surface area contributed by atoms with E-state index in [-0.39, 0.29) is 23.7 Å². The summed E-state index contributed by atoms with van der Waals surface area (Å²) in [6, 6.07) is 6.09. The van der Waals surface area contributed by atoms with Gasteiger partial charge in [-0.15, -0.1) is 0 Å². The lowest BCUT2D eigenvalue weighted by atomic mass is 9.87. The van der Waals surface area contributed by atoms with E-state index in [4.69, 9.17) is 21.9 Å². The molecule has 0 aliphatic heterocycles. The Labute approximate surface area is 178 Å². The molecule has 31 heavy (non-hydrogen) atoms. The zero-order valence-corrected chi connectivity index (χ0v) is 16.9. The van der Waals surface area contributed by atoms with Gasteiger partial charge in [0.05, 0.1) is 24.5 Å². The molecule has 1 fully saturated rings. The van der Waals surface area contributed by atoms with Crippen LogP contribution in [0.3, 0.4) is 0 Å². The van der Waals surface area contributed by atoms with E-state index < -0.39 is 12.1 Å². The van der Waals surface area contributed by atoms with Crippen molar-refractivity contribution in [3.05, 3.63) is 36.2 Å². The third kappa shape index (κ3) is 4.23. The average Bonchev–Trinajstić information content (AvgIpc) is 3.18. The molecule has 1 aromatic carbocycles. The van der Waals surface area contributed by atoms with Crippen LogP contribution in [0.4, 0.5) is 11.8 Å². The topological polar surface area (TPSA) is 180 Å². The molecule has 0 radical (unpaired) electrons. The maximum absolute atomic E-state index is 12.8. The maximum atomic E-state index is 12.8. The number of aliphatic hydroxyl groups is 1. The Bertz CT molecular complexity index is 1090. The minimum absolute atomic E-state index is 0.0404. The third-order valence-electron chi connectivity index (χ3n) is 5.44. The number of carbonyl (C=O) groups excluding carboxylic acids is 1. The van der Waals surface area contributed by atoms with Gasteiger partial charge in [-0.3, -0.25) is 4.79 Å². The lowest BCUT2D eigenvalue weighted by Gasteiger charge is -2.36. The Kier molecular flexibility index (Phi) is 5.87. The molecule has 2 heterocycles. The second-order valence-corrected chi connectivity index (χ2v) is 7.52. The van der Waals surface area contributed by atoms with E-state index in [9.17, 15) is 9.90 Å². The summed E-state index contributed by atoms with van der Waals surface area (Å²) < 4.78 is 7.24. The van der Waals surface area contributed by atoms with Crippen LogP contribution in [0.2, 0.25) is 0 Å². The van der Waals surface area contributed by atoms with Gasteiger partial charge in [-0.2, -0.15) is 9.97 Å². The van der Waals surface area contributed by atoms with E-state index in [0.717, 1.165) is 6.42 Å². The molecule has 1 saturated carbocycles. The molecule has 1 aliphatic rings. The zero-order valence-electron chi connectivity index (χ0n) is 16.9. The van der Waals surface area contributed by atoms with Crippen LogP contribution in [0.1, 0.15) is 35.7 Å². The highest BCUT2D eigenvalue weighted by Crippen LogP contribution is 2.32. The number of amides is 1. The number of carbonyl (C=O) groups is 1. The van der Waals surface area contributed by atoms with Crippen molar-refractivity contribution >= 4 is 28.8 Å². The van der Waals surface area contributed by atoms with Crippen LogP contribution in [0, 0.1) is 0 Å². The van der Waals surface area contributed by atoms with E-state index >= 15 is 0 Å².